The van der Waals surface area contributed by atoms with E-state index < -0.39 is 5.41 Å². The van der Waals surface area contributed by atoms with Gasteiger partial charge in [0.2, 0.25) is 5.91 Å². The molecular weight excluding hydrogens is 434 g/mol. The maximum absolute atomic E-state index is 13.1. The van der Waals surface area contributed by atoms with Crippen LogP contribution in [0.5, 0.6) is 0 Å². The molecule has 1 amide bonds. The van der Waals surface area contributed by atoms with Gasteiger partial charge in [0.15, 0.2) is 0 Å². The van der Waals surface area contributed by atoms with Crippen molar-refractivity contribution < 1.29 is 9.53 Å². The van der Waals surface area contributed by atoms with Gasteiger partial charge < -0.3 is 10.1 Å². The molecule has 0 aliphatic carbocycles. The van der Waals surface area contributed by atoms with Gasteiger partial charge in [-0.25, -0.2) is 0 Å². The van der Waals surface area contributed by atoms with Crippen LogP contribution in [-0.2, 0) is 21.5 Å². The number of halogens is 2. The van der Waals surface area contributed by atoms with E-state index in [9.17, 15) is 4.79 Å². The smallest absolute Gasteiger partial charge is 0.231 e. The molecule has 1 saturated heterocycles. The summed E-state index contributed by atoms with van der Waals surface area (Å²) in [5.41, 5.74) is 1.63. The fourth-order valence-electron chi connectivity index (χ4n) is 3.13. The lowest BCUT2D eigenvalue weighted by molar-refractivity contribution is -0.130. The number of rotatable bonds is 4. The molecule has 1 aliphatic heterocycles. The molecule has 24 heavy (non-hydrogen) atoms. The second-order valence-corrected chi connectivity index (χ2v) is 7.85. The van der Waals surface area contributed by atoms with Crippen molar-refractivity contribution in [2.45, 2.75) is 24.8 Å². The summed E-state index contributed by atoms with van der Waals surface area (Å²) in [5.74, 6) is 0.0769. The molecular formula is C19H19Br2NO2. The second kappa shape index (κ2) is 7.81. The summed E-state index contributed by atoms with van der Waals surface area (Å²) < 4.78 is 7.54. The molecule has 1 fully saturated rings. The van der Waals surface area contributed by atoms with Crippen LogP contribution in [0.2, 0.25) is 0 Å². The van der Waals surface area contributed by atoms with Crippen LogP contribution < -0.4 is 5.32 Å². The van der Waals surface area contributed by atoms with Crippen molar-refractivity contribution in [3.8, 4) is 0 Å². The van der Waals surface area contributed by atoms with Crippen molar-refractivity contribution in [2.24, 2.45) is 0 Å². The molecule has 3 nitrogen and oxygen atoms in total. The van der Waals surface area contributed by atoms with E-state index in [1.54, 1.807) is 0 Å². The summed E-state index contributed by atoms with van der Waals surface area (Å²) in [6.07, 6.45) is 1.41. The third-order valence-electron chi connectivity index (χ3n) is 4.52. The Morgan fingerprint density at radius 1 is 1.04 bits per heavy atom. The highest BCUT2D eigenvalue weighted by Gasteiger charge is 2.41. The Hall–Kier alpha value is -1.17. The number of ether oxygens (including phenoxy) is 1. The molecule has 1 N–H and O–H groups in total. The van der Waals surface area contributed by atoms with E-state index >= 15 is 0 Å². The monoisotopic (exact) mass is 451 g/mol. The van der Waals surface area contributed by atoms with Gasteiger partial charge >= 0.3 is 0 Å². The van der Waals surface area contributed by atoms with Crippen LogP contribution in [0.1, 0.15) is 24.0 Å². The third kappa shape index (κ3) is 3.90. The number of hydrogen-bond donors (Lipinski definition) is 1. The molecule has 0 spiro atoms. The SMILES string of the molecule is O=C(NCc1cccc(Br)c1)C1(c2ccc(Br)cc2)CCOCC1. The fraction of sp³-hybridized carbons (Fsp3) is 0.316. The lowest BCUT2D eigenvalue weighted by Crippen LogP contribution is -2.47. The zero-order valence-electron chi connectivity index (χ0n) is 13.2. The van der Waals surface area contributed by atoms with E-state index in [0.29, 0.717) is 32.6 Å². The molecule has 5 heteroatoms. The predicted molar refractivity (Wildman–Crippen MR) is 102 cm³/mol. The van der Waals surface area contributed by atoms with E-state index in [1.807, 2.05) is 48.5 Å². The summed E-state index contributed by atoms with van der Waals surface area (Å²) in [4.78, 5) is 13.1. The number of nitrogens with one attached hydrogen (secondary N) is 1. The quantitative estimate of drug-likeness (QED) is 0.737. The van der Waals surface area contributed by atoms with Crippen LogP contribution in [0.25, 0.3) is 0 Å². The molecule has 1 aliphatic rings. The number of hydrogen-bond acceptors (Lipinski definition) is 2. The summed E-state index contributed by atoms with van der Waals surface area (Å²) in [6.45, 7) is 1.75. The first-order chi connectivity index (χ1) is 11.6. The maximum Gasteiger partial charge on any atom is 0.231 e. The van der Waals surface area contributed by atoms with Gasteiger partial charge in [0.05, 0.1) is 5.41 Å². The van der Waals surface area contributed by atoms with Crippen LogP contribution >= 0.6 is 31.9 Å². The predicted octanol–water partition coefficient (Wildman–Crippen LogP) is 4.58. The molecule has 2 aromatic carbocycles. The van der Waals surface area contributed by atoms with Crippen molar-refractivity contribution in [3.05, 3.63) is 68.6 Å². The lowest BCUT2D eigenvalue weighted by atomic mass is 9.73. The van der Waals surface area contributed by atoms with Gasteiger partial charge in [-0.2, -0.15) is 0 Å². The Morgan fingerprint density at radius 2 is 1.75 bits per heavy atom. The average Bonchev–Trinajstić information content (AvgIpc) is 2.61. The van der Waals surface area contributed by atoms with E-state index in [-0.39, 0.29) is 5.91 Å². The van der Waals surface area contributed by atoms with Gasteiger partial charge in [0, 0.05) is 28.7 Å². The van der Waals surface area contributed by atoms with Crippen molar-refractivity contribution in [1.82, 2.24) is 5.32 Å². The molecule has 3 rings (SSSR count). The normalized spacial score (nSPS) is 16.6. The Bertz CT molecular complexity index is 710. The first-order valence-electron chi connectivity index (χ1n) is 7.97. The fourth-order valence-corrected chi connectivity index (χ4v) is 3.85. The Kier molecular flexibility index (Phi) is 5.74. The number of benzene rings is 2. The molecule has 0 saturated carbocycles. The average molecular weight is 453 g/mol. The van der Waals surface area contributed by atoms with E-state index in [1.165, 1.54) is 0 Å². The highest BCUT2D eigenvalue weighted by molar-refractivity contribution is 9.10. The van der Waals surface area contributed by atoms with Gasteiger partial charge in [-0.15, -0.1) is 0 Å². The van der Waals surface area contributed by atoms with Gasteiger partial charge in [0.1, 0.15) is 0 Å². The minimum atomic E-state index is -0.509. The largest absolute Gasteiger partial charge is 0.381 e. The number of carbonyl (C=O) groups is 1. The van der Waals surface area contributed by atoms with Crippen LogP contribution in [0.3, 0.4) is 0 Å². The Morgan fingerprint density at radius 3 is 2.42 bits per heavy atom. The van der Waals surface area contributed by atoms with Crippen molar-refractivity contribution >= 4 is 37.8 Å². The molecule has 0 radical (unpaired) electrons. The van der Waals surface area contributed by atoms with Crippen LogP contribution in [0.15, 0.2) is 57.5 Å². The van der Waals surface area contributed by atoms with Crippen molar-refractivity contribution in [3.63, 3.8) is 0 Å². The lowest BCUT2D eigenvalue weighted by Gasteiger charge is -2.36. The maximum atomic E-state index is 13.1. The molecule has 0 bridgehead atoms. The summed E-state index contributed by atoms with van der Waals surface area (Å²) >= 11 is 6.93. The third-order valence-corrected chi connectivity index (χ3v) is 5.54. The molecule has 126 valence electrons. The highest BCUT2D eigenvalue weighted by atomic mass is 79.9. The topological polar surface area (TPSA) is 38.3 Å². The first kappa shape index (κ1) is 17.6. The second-order valence-electron chi connectivity index (χ2n) is 6.01. The molecule has 0 atom stereocenters. The Labute approximate surface area is 159 Å². The van der Waals surface area contributed by atoms with E-state index in [0.717, 1.165) is 20.1 Å². The Balaban J connectivity index is 1.80. The van der Waals surface area contributed by atoms with Crippen LogP contribution in [0.4, 0.5) is 0 Å². The van der Waals surface area contributed by atoms with E-state index in [4.69, 9.17) is 4.74 Å². The zero-order chi connectivity index (χ0) is 17.0. The molecule has 0 unspecified atom stereocenters. The van der Waals surface area contributed by atoms with Gasteiger partial charge in [-0.05, 0) is 48.2 Å². The summed E-state index contributed by atoms with van der Waals surface area (Å²) in [6, 6.07) is 16.1. The highest BCUT2D eigenvalue weighted by Crippen LogP contribution is 2.36. The number of amides is 1. The van der Waals surface area contributed by atoms with Crippen LogP contribution in [0, 0.1) is 0 Å². The van der Waals surface area contributed by atoms with Crippen molar-refractivity contribution in [2.75, 3.05) is 13.2 Å². The van der Waals surface area contributed by atoms with Crippen molar-refractivity contribution in [1.29, 1.82) is 0 Å². The van der Waals surface area contributed by atoms with E-state index in [2.05, 4.69) is 37.2 Å². The first-order valence-corrected chi connectivity index (χ1v) is 9.55. The zero-order valence-corrected chi connectivity index (χ0v) is 16.4. The minimum Gasteiger partial charge on any atom is -0.381 e. The van der Waals surface area contributed by atoms with Gasteiger partial charge in [-0.3, -0.25) is 4.79 Å². The summed E-state index contributed by atoms with van der Waals surface area (Å²) in [5, 5.41) is 3.12. The minimum absolute atomic E-state index is 0.0769. The van der Waals surface area contributed by atoms with Crippen LogP contribution in [-0.4, -0.2) is 19.1 Å². The number of carbonyl (C=O) groups excluding carboxylic acids is 1. The molecule has 0 aromatic heterocycles. The standard InChI is InChI=1S/C19H19Br2NO2/c20-16-6-4-15(5-7-16)19(8-10-24-11-9-19)18(23)22-13-14-2-1-3-17(21)12-14/h1-7,12H,8-11,13H2,(H,22,23). The molecule has 1 heterocycles. The van der Waals surface area contributed by atoms with Gasteiger partial charge in [-0.1, -0.05) is 56.1 Å². The summed E-state index contributed by atoms with van der Waals surface area (Å²) in [7, 11) is 0. The molecule has 2 aromatic rings. The van der Waals surface area contributed by atoms with Gasteiger partial charge in [0.25, 0.3) is 0 Å².